The van der Waals surface area contributed by atoms with Crippen molar-refractivity contribution in [3.8, 4) is 0 Å². The number of hydrogen-bond acceptors (Lipinski definition) is 7. The first-order valence-corrected chi connectivity index (χ1v) is 11.0. The van der Waals surface area contributed by atoms with Crippen molar-refractivity contribution in [2.45, 2.75) is 38.9 Å². The molecule has 30 heavy (non-hydrogen) atoms. The van der Waals surface area contributed by atoms with E-state index < -0.39 is 5.91 Å². The van der Waals surface area contributed by atoms with Gasteiger partial charge < -0.3 is 9.88 Å². The maximum absolute atomic E-state index is 13.1. The van der Waals surface area contributed by atoms with E-state index in [4.69, 9.17) is 0 Å². The van der Waals surface area contributed by atoms with E-state index in [1.165, 1.54) is 4.88 Å². The van der Waals surface area contributed by atoms with E-state index in [0.29, 0.717) is 29.8 Å². The maximum Gasteiger partial charge on any atom is 0.263 e. The number of nitrogens with zero attached hydrogens (tertiary/aromatic N) is 4. The SMILES string of the molecule is Cc1nonc1CNC(=O)c1ccc2n(c1=O)C[C@H]1C[C@@H]2CN(Cc2cccs2)C1. The second kappa shape index (κ2) is 7.81. The zero-order valence-electron chi connectivity index (χ0n) is 16.7. The summed E-state index contributed by atoms with van der Waals surface area (Å²) in [5, 5.41) is 12.3. The van der Waals surface area contributed by atoms with Crippen molar-refractivity contribution in [3.63, 3.8) is 0 Å². The number of aryl methyl sites for hydroxylation is 1. The molecule has 5 rings (SSSR count). The molecule has 0 radical (unpaired) electrons. The lowest BCUT2D eigenvalue weighted by Crippen LogP contribution is -2.47. The predicted octanol–water partition coefficient (Wildman–Crippen LogP) is 2.15. The molecule has 156 valence electrons. The number of carbonyl (C=O) groups excluding carboxylic acids is 1. The van der Waals surface area contributed by atoms with E-state index in [1.54, 1.807) is 24.3 Å². The van der Waals surface area contributed by atoms with Gasteiger partial charge in [-0.15, -0.1) is 11.3 Å². The van der Waals surface area contributed by atoms with Gasteiger partial charge in [-0.05, 0) is 42.8 Å². The van der Waals surface area contributed by atoms with Crippen LogP contribution in [0.5, 0.6) is 0 Å². The van der Waals surface area contributed by atoms with Crippen LogP contribution in [0.25, 0.3) is 0 Å². The number of hydrogen-bond donors (Lipinski definition) is 1. The number of thiophene rings is 1. The van der Waals surface area contributed by atoms with Gasteiger partial charge in [0.15, 0.2) is 0 Å². The van der Waals surface area contributed by atoms with E-state index in [9.17, 15) is 9.59 Å². The predicted molar refractivity (Wildman–Crippen MR) is 111 cm³/mol. The van der Waals surface area contributed by atoms with Crippen molar-refractivity contribution < 1.29 is 9.42 Å². The Morgan fingerprint density at radius 3 is 2.93 bits per heavy atom. The number of amides is 1. The first kappa shape index (κ1) is 19.2. The minimum absolute atomic E-state index is 0.170. The van der Waals surface area contributed by atoms with Crippen LogP contribution in [0.4, 0.5) is 0 Å². The zero-order chi connectivity index (χ0) is 20.7. The van der Waals surface area contributed by atoms with Crippen LogP contribution < -0.4 is 10.9 Å². The standard InChI is InChI=1S/C21H23N5O3S/c1-13-18(24-29-23-13)8-22-20(27)17-4-5-19-15-7-14(10-26(19)21(17)28)9-25(11-15)12-16-3-2-6-30-16/h2-6,14-15H,7-12H2,1H3,(H,22,27)/t14-,15+/m0/s1. The Balaban J connectivity index is 1.33. The second-order valence-electron chi connectivity index (χ2n) is 8.14. The van der Waals surface area contributed by atoms with Crippen LogP contribution in [0.3, 0.4) is 0 Å². The smallest absolute Gasteiger partial charge is 0.263 e. The highest BCUT2D eigenvalue weighted by atomic mass is 32.1. The molecule has 1 amide bonds. The average molecular weight is 426 g/mol. The third-order valence-corrected chi connectivity index (χ3v) is 6.91. The van der Waals surface area contributed by atoms with Gasteiger partial charge in [-0.3, -0.25) is 14.5 Å². The highest BCUT2D eigenvalue weighted by Gasteiger charge is 2.35. The van der Waals surface area contributed by atoms with Gasteiger partial charge in [0.1, 0.15) is 17.0 Å². The second-order valence-corrected chi connectivity index (χ2v) is 9.17. The summed E-state index contributed by atoms with van der Waals surface area (Å²) in [6, 6.07) is 7.88. The highest BCUT2D eigenvalue weighted by Crippen LogP contribution is 2.35. The summed E-state index contributed by atoms with van der Waals surface area (Å²) in [7, 11) is 0. The summed E-state index contributed by atoms with van der Waals surface area (Å²) in [5.41, 5.74) is 2.18. The summed E-state index contributed by atoms with van der Waals surface area (Å²) in [4.78, 5) is 29.6. The molecule has 3 aromatic heterocycles. The van der Waals surface area contributed by atoms with Crippen molar-refractivity contribution in [1.29, 1.82) is 0 Å². The van der Waals surface area contributed by atoms with E-state index >= 15 is 0 Å². The van der Waals surface area contributed by atoms with Gasteiger partial charge in [-0.25, -0.2) is 4.63 Å². The number of pyridine rings is 1. The summed E-state index contributed by atoms with van der Waals surface area (Å²) in [6.07, 6.45) is 1.10. The molecule has 0 aliphatic carbocycles. The summed E-state index contributed by atoms with van der Waals surface area (Å²) in [5.74, 6) is 0.356. The molecular weight excluding hydrogens is 402 g/mol. The van der Waals surface area contributed by atoms with Crippen molar-refractivity contribution in [2.75, 3.05) is 13.1 Å². The number of likely N-dealkylation sites (tertiary alicyclic amines) is 1. The molecule has 9 heteroatoms. The zero-order valence-corrected chi connectivity index (χ0v) is 17.5. The number of aromatic nitrogens is 3. The molecule has 2 atom stereocenters. The molecule has 1 saturated heterocycles. The van der Waals surface area contributed by atoms with E-state index in [1.807, 2.05) is 10.6 Å². The lowest BCUT2D eigenvalue weighted by atomic mass is 9.83. The fourth-order valence-electron chi connectivity index (χ4n) is 4.64. The first-order valence-electron chi connectivity index (χ1n) is 10.1. The Morgan fingerprint density at radius 1 is 1.27 bits per heavy atom. The van der Waals surface area contributed by atoms with Crippen LogP contribution in [0.2, 0.25) is 0 Å². The molecule has 2 aliphatic rings. The lowest BCUT2D eigenvalue weighted by Gasteiger charge is -2.42. The minimum atomic E-state index is -0.396. The summed E-state index contributed by atoms with van der Waals surface area (Å²) < 4.78 is 6.46. The fourth-order valence-corrected chi connectivity index (χ4v) is 5.39. The summed E-state index contributed by atoms with van der Waals surface area (Å²) in [6.45, 7) is 5.49. The van der Waals surface area contributed by atoms with Gasteiger partial charge in [-0.1, -0.05) is 16.4 Å². The van der Waals surface area contributed by atoms with E-state index in [2.05, 4.69) is 42.7 Å². The number of piperidine rings is 1. The molecule has 5 heterocycles. The van der Waals surface area contributed by atoms with Crippen molar-refractivity contribution >= 4 is 17.2 Å². The van der Waals surface area contributed by atoms with Crippen molar-refractivity contribution in [2.24, 2.45) is 5.92 Å². The van der Waals surface area contributed by atoms with Crippen LogP contribution >= 0.6 is 11.3 Å². The topological polar surface area (TPSA) is 93.3 Å². The van der Waals surface area contributed by atoms with Gasteiger partial charge in [0.25, 0.3) is 11.5 Å². The molecule has 8 nitrogen and oxygen atoms in total. The maximum atomic E-state index is 13.1. The number of rotatable bonds is 5. The normalized spacial score (nSPS) is 20.7. The largest absolute Gasteiger partial charge is 0.346 e. The quantitative estimate of drug-likeness (QED) is 0.673. The average Bonchev–Trinajstić information content (AvgIpc) is 3.38. The molecule has 0 saturated carbocycles. The number of carbonyl (C=O) groups is 1. The molecule has 0 unspecified atom stereocenters. The van der Waals surface area contributed by atoms with Crippen molar-refractivity contribution in [1.82, 2.24) is 25.1 Å². The molecule has 1 N–H and O–H groups in total. The van der Waals surface area contributed by atoms with Crippen LogP contribution in [-0.4, -0.2) is 38.8 Å². The lowest BCUT2D eigenvalue weighted by molar-refractivity contribution is 0.0943. The molecule has 2 aliphatic heterocycles. The molecule has 2 bridgehead atoms. The van der Waals surface area contributed by atoms with Gasteiger partial charge in [0, 0.05) is 42.7 Å². The van der Waals surface area contributed by atoms with Crippen LogP contribution in [0.15, 0.2) is 39.1 Å². The molecule has 0 spiro atoms. The van der Waals surface area contributed by atoms with E-state index in [-0.39, 0.29) is 17.7 Å². The van der Waals surface area contributed by atoms with Crippen LogP contribution in [0, 0.1) is 12.8 Å². The van der Waals surface area contributed by atoms with Gasteiger partial charge in [0.05, 0.1) is 6.54 Å². The Labute approximate surface area is 177 Å². The molecule has 1 fully saturated rings. The first-order chi connectivity index (χ1) is 14.6. The number of nitrogens with one attached hydrogen (secondary N) is 1. The highest BCUT2D eigenvalue weighted by molar-refractivity contribution is 7.09. The van der Waals surface area contributed by atoms with Crippen LogP contribution in [-0.2, 0) is 19.6 Å². The molecule has 0 aromatic carbocycles. The Bertz CT molecular complexity index is 1120. The number of fused-ring (bicyclic) bond motifs is 4. The summed E-state index contributed by atoms with van der Waals surface area (Å²) >= 11 is 1.79. The Morgan fingerprint density at radius 2 is 2.17 bits per heavy atom. The third kappa shape index (κ3) is 3.59. The van der Waals surface area contributed by atoms with Crippen LogP contribution in [0.1, 0.15) is 44.7 Å². The monoisotopic (exact) mass is 425 g/mol. The molecular formula is C21H23N5O3S. The minimum Gasteiger partial charge on any atom is -0.346 e. The van der Waals surface area contributed by atoms with Gasteiger partial charge >= 0.3 is 0 Å². The third-order valence-electron chi connectivity index (χ3n) is 6.05. The fraction of sp³-hybridized carbons (Fsp3) is 0.429. The Kier molecular flexibility index (Phi) is 5.00. The molecule has 3 aromatic rings. The van der Waals surface area contributed by atoms with E-state index in [0.717, 1.165) is 31.7 Å². The van der Waals surface area contributed by atoms with Gasteiger partial charge in [0.2, 0.25) is 0 Å². The van der Waals surface area contributed by atoms with Crippen molar-refractivity contribution in [3.05, 3.63) is 67.5 Å². The Hall–Kier alpha value is -2.78. The van der Waals surface area contributed by atoms with Gasteiger partial charge in [-0.2, -0.15) is 0 Å².